The predicted octanol–water partition coefficient (Wildman–Crippen LogP) is 5.06. The molecule has 2 aromatic carbocycles. The maximum absolute atomic E-state index is 12.3. The van der Waals surface area contributed by atoms with E-state index in [0.29, 0.717) is 32.9 Å². The number of benzene rings is 2. The third-order valence-corrected chi connectivity index (χ3v) is 5.47. The Morgan fingerprint density at radius 1 is 1.19 bits per heavy atom. The minimum atomic E-state index is -0.493. The number of nitrogens with zero attached hydrogens (tertiary/aromatic N) is 2. The molecule has 1 amide bonds. The van der Waals surface area contributed by atoms with Crippen molar-refractivity contribution < 1.29 is 18.9 Å². The van der Waals surface area contributed by atoms with Crippen molar-refractivity contribution in [3.63, 3.8) is 0 Å². The molecule has 3 aromatic rings. The smallest absolute Gasteiger partial charge is 0.284 e. The Balaban J connectivity index is 1.60. The monoisotopic (exact) mass is 435 g/mol. The predicted molar refractivity (Wildman–Crippen MR) is 119 cm³/mol. The molecular formula is C22H17N3O5S. The molecule has 4 rings (SSSR count). The molecule has 0 radical (unpaired) electrons. The number of hydrogen-bond acceptors (Lipinski definition) is 7. The van der Waals surface area contributed by atoms with Crippen LogP contribution in [0.5, 0.6) is 5.75 Å². The van der Waals surface area contributed by atoms with E-state index in [9.17, 15) is 14.9 Å². The van der Waals surface area contributed by atoms with Gasteiger partial charge in [0.25, 0.3) is 11.6 Å². The Labute approximate surface area is 181 Å². The van der Waals surface area contributed by atoms with Crippen molar-refractivity contribution in [2.45, 2.75) is 6.92 Å². The van der Waals surface area contributed by atoms with E-state index in [1.54, 1.807) is 30.3 Å². The van der Waals surface area contributed by atoms with E-state index in [2.05, 4.69) is 10.3 Å². The first kappa shape index (κ1) is 20.4. The highest BCUT2D eigenvalue weighted by Gasteiger charge is 2.25. The molecule has 1 fully saturated rings. The van der Waals surface area contributed by atoms with E-state index in [0.717, 1.165) is 11.3 Å². The zero-order chi connectivity index (χ0) is 22.0. The number of hydrogen-bond donors (Lipinski definition) is 1. The van der Waals surface area contributed by atoms with E-state index in [1.165, 1.54) is 24.9 Å². The average Bonchev–Trinajstić information content (AvgIpc) is 3.36. The Morgan fingerprint density at radius 2 is 2.00 bits per heavy atom. The molecule has 0 bridgehead atoms. The Hall–Kier alpha value is -3.85. The molecule has 1 aromatic heterocycles. The Morgan fingerprint density at radius 3 is 2.74 bits per heavy atom. The number of para-hydroxylation sites is 1. The van der Waals surface area contributed by atoms with Gasteiger partial charge in [0, 0.05) is 6.08 Å². The first-order chi connectivity index (χ1) is 14.9. The number of nitro benzene ring substituents is 1. The Kier molecular flexibility index (Phi) is 5.59. The van der Waals surface area contributed by atoms with Gasteiger partial charge >= 0.3 is 0 Å². The maximum Gasteiger partial charge on any atom is 0.284 e. The van der Waals surface area contributed by atoms with Crippen molar-refractivity contribution in [1.82, 2.24) is 5.32 Å². The summed E-state index contributed by atoms with van der Waals surface area (Å²) in [7, 11) is 1.44. The Bertz CT molecular complexity index is 1250. The second-order valence-electron chi connectivity index (χ2n) is 6.61. The van der Waals surface area contributed by atoms with Gasteiger partial charge in [0.05, 0.1) is 34.3 Å². The second kappa shape index (κ2) is 8.49. The molecular weight excluding hydrogens is 418 g/mol. The van der Waals surface area contributed by atoms with Gasteiger partial charge in [0.2, 0.25) is 0 Å². The molecule has 1 N–H and O–H groups in total. The van der Waals surface area contributed by atoms with Crippen molar-refractivity contribution in [2.75, 3.05) is 7.11 Å². The molecule has 31 heavy (non-hydrogen) atoms. The topological polar surface area (TPSA) is 107 Å². The molecule has 0 saturated carbocycles. The van der Waals surface area contributed by atoms with Gasteiger partial charge in [-0.2, -0.15) is 0 Å². The number of nitro groups is 1. The van der Waals surface area contributed by atoms with Gasteiger partial charge in [-0.1, -0.05) is 18.2 Å². The summed E-state index contributed by atoms with van der Waals surface area (Å²) in [4.78, 5) is 28.2. The van der Waals surface area contributed by atoms with Gasteiger partial charge in [0.15, 0.2) is 5.17 Å². The summed E-state index contributed by atoms with van der Waals surface area (Å²) in [6.45, 7) is 1.94. The number of furan rings is 1. The number of aliphatic imine (C=N–C) groups is 1. The zero-order valence-corrected chi connectivity index (χ0v) is 17.4. The van der Waals surface area contributed by atoms with E-state index < -0.39 is 4.92 Å². The lowest BCUT2D eigenvalue weighted by atomic mass is 10.1. The lowest BCUT2D eigenvalue weighted by molar-refractivity contribution is -0.384. The van der Waals surface area contributed by atoms with Crippen LogP contribution in [0.3, 0.4) is 0 Å². The number of carbonyl (C=O) groups is 1. The minimum Gasteiger partial charge on any atom is -0.497 e. The zero-order valence-electron chi connectivity index (χ0n) is 16.6. The van der Waals surface area contributed by atoms with Crippen LogP contribution in [-0.2, 0) is 4.79 Å². The first-order valence-corrected chi connectivity index (χ1v) is 10.0. The summed E-state index contributed by atoms with van der Waals surface area (Å²) in [5, 5.41) is 14.6. The molecule has 0 unspecified atom stereocenters. The average molecular weight is 435 g/mol. The van der Waals surface area contributed by atoms with Crippen LogP contribution in [0.2, 0.25) is 0 Å². The SMILES string of the molecule is COc1ccc(-c2ccc(/C=C3\SC(=Nc4ccccc4C)NC3=O)o2)c([N+](=O)[O-])c1. The van der Waals surface area contributed by atoms with Crippen LogP contribution in [0.1, 0.15) is 11.3 Å². The number of rotatable bonds is 5. The van der Waals surface area contributed by atoms with Crippen molar-refractivity contribution in [3.8, 4) is 17.1 Å². The number of methoxy groups -OCH3 is 1. The van der Waals surface area contributed by atoms with Crippen LogP contribution in [0.4, 0.5) is 11.4 Å². The van der Waals surface area contributed by atoms with Gasteiger partial charge in [0.1, 0.15) is 17.3 Å². The molecule has 1 aliphatic rings. The number of nitrogens with one attached hydrogen (secondary N) is 1. The van der Waals surface area contributed by atoms with Crippen LogP contribution in [0.15, 0.2) is 68.9 Å². The molecule has 1 aliphatic heterocycles. The van der Waals surface area contributed by atoms with E-state index in [1.807, 2.05) is 31.2 Å². The largest absolute Gasteiger partial charge is 0.497 e. The fraction of sp³-hybridized carbons (Fsp3) is 0.0909. The number of carbonyl (C=O) groups excluding carboxylic acids is 1. The molecule has 9 heteroatoms. The van der Waals surface area contributed by atoms with Crippen molar-refractivity contribution >= 4 is 40.3 Å². The van der Waals surface area contributed by atoms with E-state index >= 15 is 0 Å². The molecule has 0 atom stereocenters. The van der Waals surface area contributed by atoms with Gasteiger partial charge in [-0.15, -0.1) is 0 Å². The van der Waals surface area contributed by atoms with E-state index in [-0.39, 0.29) is 11.6 Å². The lowest BCUT2D eigenvalue weighted by Crippen LogP contribution is -2.19. The molecule has 8 nitrogen and oxygen atoms in total. The third kappa shape index (κ3) is 4.36. The highest BCUT2D eigenvalue weighted by atomic mass is 32.2. The lowest BCUT2D eigenvalue weighted by Gasteiger charge is -2.03. The highest BCUT2D eigenvalue weighted by molar-refractivity contribution is 8.18. The third-order valence-electron chi connectivity index (χ3n) is 4.56. The van der Waals surface area contributed by atoms with Crippen LogP contribution in [0.25, 0.3) is 17.4 Å². The van der Waals surface area contributed by atoms with Crippen molar-refractivity contribution in [1.29, 1.82) is 0 Å². The van der Waals surface area contributed by atoms with E-state index in [4.69, 9.17) is 9.15 Å². The molecule has 0 spiro atoms. The van der Waals surface area contributed by atoms with Crippen LogP contribution < -0.4 is 10.1 Å². The first-order valence-electron chi connectivity index (χ1n) is 9.22. The minimum absolute atomic E-state index is 0.131. The fourth-order valence-corrected chi connectivity index (χ4v) is 3.80. The normalized spacial score (nSPS) is 16.0. The molecule has 2 heterocycles. The van der Waals surface area contributed by atoms with Crippen molar-refractivity contribution in [2.24, 2.45) is 4.99 Å². The van der Waals surface area contributed by atoms with Gasteiger partial charge in [-0.25, -0.2) is 4.99 Å². The summed E-state index contributed by atoms with van der Waals surface area (Å²) in [5.74, 6) is 0.808. The molecule has 0 aliphatic carbocycles. The van der Waals surface area contributed by atoms with Crippen LogP contribution >= 0.6 is 11.8 Å². The highest BCUT2D eigenvalue weighted by Crippen LogP contribution is 2.35. The number of amides is 1. The summed E-state index contributed by atoms with van der Waals surface area (Å²) >= 11 is 1.20. The van der Waals surface area contributed by atoms with Gasteiger partial charge in [-0.05, 0) is 54.6 Å². The summed E-state index contributed by atoms with van der Waals surface area (Å²) in [5.41, 5.74) is 1.96. The molecule has 156 valence electrons. The van der Waals surface area contributed by atoms with Crippen LogP contribution in [-0.4, -0.2) is 23.1 Å². The number of ether oxygens (including phenoxy) is 1. The number of thioether (sulfide) groups is 1. The summed E-state index contributed by atoms with van der Waals surface area (Å²) < 4.78 is 10.8. The van der Waals surface area contributed by atoms with Crippen LogP contribution in [0, 0.1) is 17.0 Å². The fourth-order valence-electron chi connectivity index (χ4n) is 2.98. The number of amidine groups is 1. The summed E-state index contributed by atoms with van der Waals surface area (Å²) in [6, 6.07) is 15.4. The summed E-state index contributed by atoms with van der Waals surface area (Å²) in [6.07, 6.45) is 1.58. The molecule has 1 saturated heterocycles. The number of aryl methyl sites for hydroxylation is 1. The van der Waals surface area contributed by atoms with Gasteiger partial charge < -0.3 is 14.5 Å². The standard InChI is InChI=1S/C22H17N3O5S/c1-13-5-3-4-6-17(13)23-22-24-21(26)20(31-22)12-15-8-10-19(30-15)16-9-7-14(29-2)11-18(16)25(27)28/h3-12H,1-2H3,(H,23,24,26)/b20-12-. The second-order valence-corrected chi connectivity index (χ2v) is 7.64. The maximum atomic E-state index is 12.3. The van der Waals surface area contributed by atoms with Crippen molar-refractivity contribution in [3.05, 3.63) is 80.9 Å². The van der Waals surface area contributed by atoms with Gasteiger partial charge in [-0.3, -0.25) is 14.9 Å². The quantitative estimate of drug-likeness (QED) is 0.341.